The number of anilines is 1. The normalized spacial score (nSPS) is 19.9. The van der Waals surface area contributed by atoms with Crippen molar-refractivity contribution in [1.29, 1.82) is 0 Å². The molecule has 1 aromatic heterocycles. The summed E-state index contributed by atoms with van der Waals surface area (Å²) >= 11 is 0. The largest absolute Gasteiger partial charge is 0.464 e. The molecule has 6 heteroatoms. The van der Waals surface area contributed by atoms with Crippen molar-refractivity contribution in [2.45, 2.75) is 6.04 Å². The fourth-order valence-electron chi connectivity index (χ4n) is 1.76. The lowest BCUT2D eigenvalue weighted by Gasteiger charge is -2.25. The predicted octanol–water partition coefficient (Wildman–Crippen LogP) is 0.111. The first kappa shape index (κ1) is 11.8. The van der Waals surface area contributed by atoms with E-state index in [9.17, 15) is 4.79 Å². The Kier molecular flexibility index (Phi) is 3.55. The third-order valence-corrected chi connectivity index (χ3v) is 2.66. The van der Waals surface area contributed by atoms with Crippen molar-refractivity contribution < 1.29 is 14.3 Å². The van der Waals surface area contributed by atoms with Crippen LogP contribution in [0.2, 0.25) is 0 Å². The van der Waals surface area contributed by atoms with Gasteiger partial charge in [-0.3, -0.25) is 0 Å². The quantitative estimate of drug-likeness (QED) is 0.710. The van der Waals surface area contributed by atoms with Gasteiger partial charge in [0.05, 0.1) is 38.2 Å². The molecule has 0 unspecified atom stereocenters. The number of aromatic nitrogens is 1. The number of pyridine rings is 1. The van der Waals surface area contributed by atoms with Gasteiger partial charge in [-0.05, 0) is 11.6 Å². The Hall–Kier alpha value is -1.66. The second-order valence-corrected chi connectivity index (χ2v) is 3.77. The summed E-state index contributed by atoms with van der Waals surface area (Å²) in [5, 5.41) is 3.28. The minimum absolute atomic E-state index is 0.00449. The van der Waals surface area contributed by atoms with E-state index >= 15 is 0 Å². The van der Waals surface area contributed by atoms with Gasteiger partial charge in [0.25, 0.3) is 0 Å². The van der Waals surface area contributed by atoms with Gasteiger partial charge in [-0.15, -0.1) is 0 Å². The molecule has 1 saturated heterocycles. The van der Waals surface area contributed by atoms with Crippen molar-refractivity contribution in [1.82, 2.24) is 10.3 Å². The first-order valence-electron chi connectivity index (χ1n) is 5.37. The molecule has 0 saturated carbocycles. The molecule has 2 heterocycles. The third-order valence-electron chi connectivity index (χ3n) is 2.66. The van der Waals surface area contributed by atoms with Crippen LogP contribution in [0.5, 0.6) is 0 Å². The summed E-state index contributed by atoms with van der Waals surface area (Å²) in [6.45, 7) is 1.99. The number of methoxy groups -OCH3 is 1. The zero-order valence-electron chi connectivity index (χ0n) is 9.60. The van der Waals surface area contributed by atoms with E-state index < -0.39 is 5.97 Å². The topological polar surface area (TPSA) is 86.5 Å². The molecule has 0 spiro atoms. The molecule has 3 N–H and O–H groups in total. The molecule has 0 radical (unpaired) electrons. The number of hydrogen-bond donors (Lipinski definition) is 2. The Balaban J connectivity index is 2.28. The van der Waals surface area contributed by atoms with E-state index in [1.165, 1.54) is 13.3 Å². The van der Waals surface area contributed by atoms with Crippen LogP contribution in [0.4, 0.5) is 5.69 Å². The number of nitrogens with one attached hydrogen (secondary N) is 1. The maximum Gasteiger partial charge on any atom is 0.356 e. The van der Waals surface area contributed by atoms with Crippen LogP contribution in [0.3, 0.4) is 0 Å². The Morgan fingerprint density at radius 2 is 2.53 bits per heavy atom. The van der Waals surface area contributed by atoms with Crippen LogP contribution in [0, 0.1) is 0 Å². The molecule has 6 nitrogen and oxygen atoms in total. The standard InChI is InChI=1S/C11H15N3O3/c1-16-11(15)9-4-7(8(12)5-14-9)10-6-17-3-2-13-10/h4-5,10,13H,2-3,6,12H2,1H3/t10-/m0/s1. The first-order chi connectivity index (χ1) is 8.22. The molecule has 0 aliphatic carbocycles. The number of ether oxygens (including phenoxy) is 2. The third kappa shape index (κ3) is 2.54. The van der Waals surface area contributed by atoms with Crippen molar-refractivity contribution in [3.05, 3.63) is 23.5 Å². The van der Waals surface area contributed by atoms with Crippen molar-refractivity contribution in [3.8, 4) is 0 Å². The summed E-state index contributed by atoms with van der Waals surface area (Å²) in [6.07, 6.45) is 1.47. The summed E-state index contributed by atoms with van der Waals surface area (Å²) in [5.41, 5.74) is 7.47. The Morgan fingerprint density at radius 1 is 1.71 bits per heavy atom. The number of hydrogen-bond acceptors (Lipinski definition) is 6. The maximum atomic E-state index is 11.4. The minimum atomic E-state index is -0.469. The monoisotopic (exact) mass is 237 g/mol. The lowest BCUT2D eigenvalue weighted by molar-refractivity contribution is 0.0592. The van der Waals surface area contributed by atoms with Gasteiger partial charge in [0, 0.05) is 6.54 Å². The van der Waals surface area contributed by atoms with Crippen LogP contribution in [0.15, 0.2) is 12.3 Å². The van der Waals surface area contributed by atoms with Gasteiger partial charge in [-0.25, -0.2) is 9.78 Å². The van der Waals surface area contributed by atoms with Gasteiger partial charge in [-0.1, -0.05) is 0 Å². The molecule has 2 rings (SSSR count). The van der Waals surface area contributed by atoms with E-state index in [0.717, 1.165) is 12.1 Å². The number of carbonyl (C=O) groups excluding carboxylic acids is 1. The molecule has 1 atom stereocenters. The van der Waals surface area contributed by atoms with Gasteiger partial charge in [0.15, 0.2) is 0 Å². The second-order valence-electron chi connectivity index (χ2n) is 3.77. The molecule has 1 aliphatic rings. The van der Waals surface area contributed by atoms with Crippen LogP contribution in [-0.2, 0) is 9.47 Å². The zero-order valence-corrected chi connectivity index (χ0v) is 9.60. The summed E-state index contributed by atoms with van der Waals surface area (Å²) in [4.78, 5) is 15.3. The molecule has 0 amide bonds. The number of nitrogens with zero attached hydrogens (tertiary/aromatic N) is 1. The average Bonchev–Trinajstić information content (AvgIpc) is 2.39. The number of morpholine rings is 1. The van der Waals surface area contributed by atoms with Crippen LogP contribution in [0.1, 0.15) is 22.1 Å². The Bertz CT molecular complexity index is 416. The molecule has 0 bridgehead atoms. The average molecular weight is 237 g/mol. The Morgan fingerprint density at radius 3 is 3.18 bits per heavy atom. The van der Waals surface area contributed by atoms with E-state index in [2.05, 4.69) is 15.0 Å². The van der Waals surface area contributed by atoms with Gasteiger partial charge in [0.2, 0.25) is 0 Å². The smallest absolute Gasteiger partial charge is 0.356 e. The predicted molar refractivity (Wildman–Crippen MR) is 61.6 cm³/mol. The summed E-state index contributed by atoms with van der Waals surface area (Å²) < 4.78 is 9.99. The van der Waals surface area contributed by atoms with Gasteiger partial charge >= 0.3 is 5.97 Å². The van der Waals surface area contributed by atoms with Crippen molar-refractivity contribution in [2.24, 2.45) is 0 Å². The van der Waals surface area contributed by atoms with E-state index in [1.807, 2.05) is 0 Å². The second kappa shape index (κ2) is 5.11. The number of esters is 1. The number of carbonyl (C=O) groups is 1. The number of rotatable bonds is 2. The van der Waals surface area contributed by atoms with Crippen LogP contribution in [0.25, 0.3) is 0 Å². The number of nitrogen functional groups attached to an aromatic ring is 1. The molecule has 17 heavy (non-hydrogen) atoms. The highest BCUT2D eigenvalue weighted by molar-refractivity contribution is 5.87. The van der Waals surface area contributed by atoms with Crippen LogP contribution in [-0.4, -0.2) is 37.8 Å². The summed E-state index contributed by atoms with van der Waals surface area (Å²) in [6, 6.07) is 1.64. The lowest BCUT2D eigenvalue weighted by Crippen LogP contribution is -2.35. The molecule has 1 fully saturated rings. The van der Waals surface area contributed by atoms with Crippen LogP contribution >= 0.6 is 0 Å². The Labute approximate surface area is 99.1 Å². The fourth-order valence-corrected chi connectivity index (χ4v) is 1.76. The highest BCUT2D eigenvalue weighted by atomic mass is 16.5. The summed E-state index contributed by atoms with van der Waals surface area (Å²) in [7, 11) is 1.32. The van der Waals surface area contributed by atoms with Gasteiger partial charge in [-0.2, -0.15) is 0 Å². The fraction of sp³-hybridized carbons (Fsp3) is 0.455. The SMILES string of the molecule is COC(=O)c1cc([C@@H]2COCCN2)c(N)cn1. The highest BCUT2D eigenvalue weighted by Crippen LogP contribution is 2.22. The van der Waals surface area contributed by atoms with Crippen LogP contribution < -0.4 is 11.1 Å². The zero-order chi connectivity index (χ0) is 12.3. The molecule has 92 valence electrons. The molecule has 1 aromatic rings. The minimum Gasteiger partial charge on any atom is -0.464 e. The van der Waals surface area contributed by atoms with Gasteiger partial charge in [0.1, 0.15) is 5.69 Å². The highest BCUT2D eigenvalue weighted by Gasteiger charge is 2.20. The van der Waals surface area contributed by atoms with E-state index in [0.29, 0.717) is 18.9 Å². The van der Waals surface area contributed by atoms with E-state index in [1.54, 1.807) is 6.07 Å². The van der Waals surface area contributed by atoms with E-state index in [4.69, 9.17) is 10.5 Å². The van der Waals surface area contributed by atoms with E-state index in [-0.39, 0.29) is 11.7 Å². The van der Waals surface area contributed by atoms with Crippen molar-refractivity contribution >= 4 is 11.7 Å². The van der Waals surface area contributed by atoms with Gasteiger partial charge < -0.3 is 20.5 Å². The lowest BCUT2D eigenvalue weighted by atomic mass is 10.1. The number of nitrogens with two attached hydrogens (primary N) is 1. The molecule has 0 aromatic carbocycles. The van der Waals surface area contributed by atoms with Crippen molar-refractivity contribution in [3.63, 3.8) is 0 Å². The first-order valence-corrected chi connectivity index (χ1v) is 5.37. The van der Waals surface area contributed by atoms with Crippen molar-refractivity contribution in [2.75, 3.05) is 32.6 Å². The summed E-state index contributed by atoms with van der Waals surface area (Å²) in [5.74, 6) is -0.469. The molecular weight excluding hydrogens is 222 g/mol. The molecule has 1 aliphatic heterocycles. The maximum absolute atomic E-state index is 11.4. The molecular formula is C11H15N3O3.